The van der Waals surface area contributed by atoms with Gasteiger partial charge < -0.3 is 15.0 Å². The summed E-state index contributed by atoms with van der Waals surface area (Å²) < 4.78 is 5.68. The molecule has 0 bridgehead atoms. The van der Waals surface area contributed by atoms with E-state index in [0.717, 1.165) is 25.0 Å². The third kappa shape index (κ3) is 4.78. The zero-order chi connectivity index (χ0) is 17.5. The highest BCUT2D eigenvalue weighted by Crippen LogP contribution is 2.17. The quantitative estimate of drug-likeness (QED) is 0.909. The fraction of sp³-hybridized carbons (Fsp3) is 0.316. The van der Waals surface area contributed by atoms with Gasteiger partial charge in [0.2, 0.25) is 0 Å². The topological polar surface area (TPSA) is 78.3 Å². The summed E-state index contributed by atoms with van der Waals surface area (Å²) in [6.07, 6.45) is 5.49. The second-order valence-corrected chi connectivity index (χ2v) is 5.99. The minimum absolute atomic E-state index is 0.0676. The number of hydrogen-bond donors (Lipinski definition) is 1. The lowest BCUT2D eigenvalue weighted by Gasteiger charge is -2.26. The summed E-state index contributed by atoms with van der Waals surface area (Å²) in [5.41, 5.74) is 2.13. The predicted octanol–water partition coefficient (Wildman–Crippen LogP) is 3.17. The zero-order valence-electron chi connectivity index (χ0n) is 13.9. The van der Waals surface area contributed by atoms with Crippen molar-refractivity contribution in [3.8, 4) is 6.07 Å². The number of hydrogen-bond acceptors (Lipinski definition) is 4. The molecule has 0 saturated carbocycles. The van der Waals surface area contributed by atoms with Gasteiger partial charge in [0.05, 0.1) is 17.7 Å². The molecule has 3 rings (SSSR count). The Kier molecular flexibility index (Phi) is 5.60. The summed E-state index contributed by atoms with van der Waals surface area (Å²) in [6, 6.07) is 12.6. The molecular formula is C19H20N4O2. The fourth-order valence-corrected chi connectivity index (χ4v) is 2.83. The number of pyridine rings is 1. The highest BCUT2D eigenvalue weighted by molar-refractivity contribution is 5.89. The Morgan fingerprint density at radius 2 is 2.20 bits per heavy atom. The molecule has 2 heterocycles. The summed E-state index contributed by atoms with van der Waals surface area (Å²) in [5.74, 6) is 0. The number of nitrogens with zero attached hydrogens (tertiary/aromatic N) is 3. The fourth-order valence-electron chi connectivity index (χ4n) is 2.83. The van der Waals surface area contributed by atoms with Crippen LogP contribution in [0, 0.1) is 11.3 Å². The molecule has 25 heavy (non-hydrogen) atoms. The van der Waals surface area contributed by atoms with Crippen LogP contribution < -0.4 is 5.32 Å². The Balaban J connectivity index is 1.72. The van der Waals surface area contributed by atoms with Crippen LogP contribution in [-0.2, 0) is 11.3 Å². The number of nitrogens with one attached hydrogen (secondary N) is 1. The van der Waals surface area contributed by atoms with Gasteiger partial charge in [0, 0.05) is 37.8 Å². The van der Waals surface area contributed by atoms with Crippen molar-refractivity contribution in [1.82, 2.24) is 9.88 Å². The van der Waals surface area contributed by atoms with Crippen LogP contribution in [0.3, 0.4) is 0 Å². The minimum atomic E-state index is -0.206. The Morgan fingerprint density at radius 1 is 1.36 bits per heavy atom. The van der Waals surface area contributed by atoms with Gasteiger partial charge in [0.1, 0.15) is 0 Å². The van der Waals surface area contributed by atoms with Crippen LogP contribution in [0.15, 0.2) is 48.8 Å². The molecule has 1 fully saturated rings. The molecule has 2 aromatic rings. The lowest BCUT2D eigenvalue weighted by atomic mass is 10.2. The van der Waals surface area contributed by atoms with Gasteiger partial charge >= 0.3 is 6.03 Å². The van der Waals surface area contributed by atoms with Gasteiger partial charge in [-0.2, -0.15) is 5.26 Å². The van der Waals surface area contributed by atoms with Crippen molar-refractivity contribution in [3.05, 3.63) is 59.9 Å². The van der Waals surface area contributed by atoms with Crippen LogP contribution >= 0.6 is 0 Å². The van der Waals surface area contributed by atoms with E-state index >= 15 is 0 Å². The third-order valence-electron chi connectivity index (χ3n) is 4.10. The number of rotatable bonds is 5. The summed E-state index contributed by atoms with van der Waals surface area (Å²) >= 11 is 0. The maximum Gasteiger partial charge on any atom is 0.322 e. The Morgan fingerprint density at radius 3 is 2.92 bits per heavy atom. The lowest BCUT2D eigenvalue weighted by molar-refractivity contribution is 0.0819. The minimum Gasteiger partial charge on any atom is -0.376 e. The summed E-state index contributed by atoms with van der Waals surface area (Å²) in [4.78, 5) is 18.5. The summed E-state index contributed by atoms with van der Waals surface area (Å²) in [6.45, 7) is 1.76. The van der Waals surface area contributed by atoms with E-state index in [-0.39, 0.29) is 12.1 Å². The number of benzene rings is 1. The van der Waals surface area contributed by atoms with Gasteiger partial charge in [-0.15, -0.1) is 0 Å². The molecule has 1 unspecified atom stereocenters. The Labute approximate surface area is 147 Å². The molecule has 0 spiro atoms. The molecule has 1 atom stereocenters. The zero-order valence-corrected chi connectivity index (χ0v) is 13.9. The maximum absolute atomic E-state index is 12.8. The Hall–Kier alpha value is -2.91. The second kappa shape index (κ2) is 8.27. The number of nitriles is 1. The predicted molar refractivity (Wildman–Crippen MR) is 93.8 cm³/mol. The van der Waals surface area contributed by atoms with Crippen LogP contribution in [0.1, 0.15) is 24.0 Å². The van der Waals surface area contributed by atoms with E-state index in [1.54, 1.807) is 41.6 Å². The highest BCUT2D eigenvalue weighted by atomic mass is 16.5. The largest absolute Gasteiger partial charge is 0.376 e. The first-order valence-electron chi connectivity index (χ1n) is 8.31. The van der Waals surface area contributed by atoms with E-state index in [2.05, 4.69) is 16.4 Å². The molecule has 6 heteroatoms. The molecule has 2 amide bonds. The van der Waals surface area contributed by atoms with Crippen molar-refractivity contribution in [2.75, 3.05) is 18.5 Å². The van der Waals surface area contributed by atoms with Gasteiger partial charge in [0.15, 0.2) is 0 Å². The van der Waals surface area contributed by atoms with Crippen molar-refractivity contribution in [3.63, 3.8) is 0 Å². The van der Waals surface area contributed by atoms with Crippen molar-refractivity contribution < 1.29 is 9.53 Å². The van der Waals surface area contributed by atoms with Crippen LogP contribution in [0.5, 0.6) is 0 Å². The normalized spacial score (nSPS) is 16.2. The molecule has 1 aromatic carbocycles. The van der Waals surface area contributed by atoms with Crippen molar-refractivity contribution in [1.29, 1.82) is 5.26 Å². The lowest BCUT2D eigenvalue weighted by Crippen LogP contribution is -2.39. The van der Waals surface area contributed by atoms with Crippen LogP contribution in [-0.4, -0.2) is 35.2 Å². The van der Waals surface area contributed by atoms with Gasteiger partial charge in [-0.3, -0.25) is 4.98 Å². The van der Waals surface area contributed by atoms with E-state index < -0.39 is 0 Å². The van der Waals surface area contributed by atoms with E-state index in [4.69, 9.17) is 10.00 Å². The van der Waals surface area contributed by atoms with Gasteiger partial charge in [-0.05, 0) is 48.7 Å². The van der Waals surface area contributed by atoms with E-state index in [9.17, 15) is 4.79 Å². The van der Waals surface area contributed by atoms with Crippen LogP contribution in [0.4, 0.5) is 10.5 Å². The highest BCUT2D eigenvalue weighted by Gasteiger charge is 2.23. The Bertz CT molecular complexity index is 752. The molecule has 128 valence electrons. The molecular weight excluding hydrogens is 316 g/mol. The summed E-state index contributed by atoms with van der Waals surface area (Å²) in [7, 11) is 0. The molecule has 6 nitrogen and oxygen atoms in total. The summed E-state index contributed by atoms with van der Waals surface area (Å²) in [5, 5.41) is 11.9. The average molecular weight is 336 g/mol. The van der Waals surface area contributed by atoms with Gasteiger partial charge in [-0.25, -0.2) is 4.79 Å². The van der Waals surface area contributed by atoms with E-state index in [1.165, 1.54) is 0 Å². The van der Waals surface area contributed by atoms with Crippen molar-refractivity contribution >= 4 is 11.7 Å². The molecule has 1 N–H and O–H groups in total. The van der Waals surface area contributed by atoms with Gasteiger partial charge in [-0.1, -0.05) is 6.07 Å². The first-order chi connectivity index (χ1) is 12.2. The monoisotopic (exact) mass is 336 g/mol. The third-order valence-corrected chi connectivity index (χ3v) is 4.10. The van der Waals surface area contributed by atoms with Crippen molar-refractivity contribution in [2.24, 2.45) is 0 Å². The van der Waals surface area contributed by atoms with E-state index in [1.807, 2.05) is 12.1 Å². The van der Waals surface area contributed by atoms with Crippen LogP contribution in [0.2, 0.25) is 0 Å². The smallest absolute Gasteiger partial charge is 0.322 e. The SMILES string of the molecule is N#Cc1cccc(NC(=O)N(Cc2ccncc2)CC2CCCO2)c1. The first kappa shape index (κ1) is 16.9. The molecule has 1 aliphatic rings. The molecule has 1 aliphatic heterocycles. The average Bonchev–Trinajstić information content (AvgIpc) is 3.15. The second-order valence-electron chi connectivity index (χ2n) is 5.99. The van der Waals surface area contributed by atoms with Crippen molar-refractivity contribution in [2.45, 2.75) is 25.5 Å². The molecule has 1 aromatic heterocycles. The van der Waals surface area contributed by atoms with E-state index in [0.29, 0.717) is 24.3 Å². The van der Waals surface area contributed by atoms with Crippen LogP contribution in [0.25, 0.3) is 0 Å². The number of carbonyl (C=O) groups excluding carboxylic acids is 1. The number of carbonyl (C=O) groups is 1. The number of anilines is 1. The number of urea groups is 1. The number of aromatic nitrogens is 1. The molecule has 1 saturated heterocycles. The number of ether oxygens (including phenoxy) is 1. The maximum atomic E-state index is 12.8. The standard InChI is InChI=1S/C19H20N4O2/c20-12-16-3-1-4-17(11-16)22-19(24)23(14-18-5-2-10-25-18)13-15-6-8-21-9-7-15/h1,3-4,6-9,11,18H,2,5,10,13-14H2,(H,22,24). The first-order valence-corrected chi connectivity index (χ1v) is 8.31. The van der Waals surface area contributed by atoms with Gasteiger partial charge in [0.25, 0.3) is 0 Å². The number of amides is 2. The molecule has 0 aliphatic carbocycles. The molecule has 0 radical (unpaired) electrons.